The predicted octanol–water partition coefficient (Wildman–Crippen LogP) is 13.5. The number of hydrogen-bond donors (Lipinski definition) is 0. The van der Waals surface area contributed by atoms with Gasteiger partial charge in [-0.25, -0.2) is 0 Å². The fraction of sp³-hybridized carbons (Fsp3) is 0.137. The predicted molar refractivity (Wildman–Crippen MR) is 219 cm³/mol. The van der Waals surface area contributed by atoms with Crippen molar-refractivity contribution in [3.05, 3.63) is 227 Å². The van der Waals surface area contributed by atoms with Gasteiger partial charge in [0, 0.05) is 28.9 Å². The first-order chi connectivity index (χ1) is 25.8. The third-order valence-corrected chi connectivity index (χ3v) is 11.1. The van der Waals surface area contributed by atoms with Crippen molar-refractivity contribution in [1.82, 2.24) is 0 Å². The number of allylic oxidation sites excluding steroid dienone is 8. The number of benzene rings is 6. The third-order valence-electron chi connectivity index (χ3n) is 11.1. The standard InChI is InChI=1S/C51H43N/c1-5-13-37(14-6-1)33-51(40-15-7-2-8-16-40)41-23-21-38(22-24-41)42-27-31-49-44(34-42)36-45-35-43(28-32-50(45)49)39-25-29-48(30-26-39)52(46-17-9-3-10-18-46)47-19-11-4-12-20-47/h1,3-7,9-27,29-32,34-35,43,51H,2,8,28,33,36H2. The third kappa shape index (κ3) is 6.51. The zero-order chi connectivity index (χ0) is 34.7. The Morgan fingerprint density at radius 2 is 1.25 bits per heavy atom. The van der Waals surface area contributed by atoms with Crippen molar-refractivity contribution in [3.63, 3.8) is 0 Å². The van der Waals surface area contributed by atoms with E-state index in [9.17, 15) is 0 Å². The highest BCUT2D eigenvalue weighted by atomic mass is 15.1. The molecule has 0 aliphatic heterocycles. The summed E-state index contributed by atoms with van der Waals surface area (Å²) in [6.07, 6.45) is 17.5. The van der Waals surface area contributed by atoms with Crippen LogP contribution in [-0.2, 0) is 12.8 Å². The van der Waals surface area contributed by atoms with E-state index in [1.807, 2.05) is 0 Å². The van der Waals surface area contributed by atoms with Gasteiger partial charge < -0.3 is 4.90 Å². The molecule has 2 atom stereocenters. The first-order valence-electron chi connectivity index (χ1n) is 18.8. The van der Waals surface area contributed by atoms with E-state index in [4.69, 9.17) is 0 Å². The molecule has 6 aromatic rings. The molecule has 9 rings (SSSR count). The molecule has 6 aromatic carbocycles. The van der Waals surface area contributed by atoms with Gasteiger partial charge in [0.1, 0.15) is 0 Å². The van der Waals surface area contributed by atoms with Crippen LogP contribution in [0.4, 0.5) is 17.1 Å². The van der Waals surface area contributed by atoms with Crippen LogP contribution in [0.1, 0.15) is 58.9 Å². The van der Waals surface area contributed by atoms with Gasteiger partial charge in [0.05, 0.1) is 0 Å². The van der Waals surface area contributed by atoms with E-state index in [-0.39, 0.29) is 0 Å². The van der Waals surface area contributed by atoms with Gasteiger partial charge in [-0.05, 0) is 124 Å². The second-order valence-corrected chi connectivity index (χ2v) is 14.3. The molecule has 0 aromatic heterocycles. The first kappa shape index (κ1) is 32.0. The van der Waals surface area contributed by atoms with Crippen LogP contribution in [0.15, 0.2) is 199 Å². The topological polar surface area (TPSA) is 3.24 Å². The quantitative estimate of drug-likeness (QED) is 0.148. The Balaban J connectivity index is 0.931. The van der Waals surface area contributed by atoms with Crippen LogP contribution in [0, 0.1) is 0 Å². The van der Waals surface area contributed by atoms with E-state index in [0.29, 0.717) is 11.8 Å². The highest BCUT2D eigenvalue weighted by Crippen LogP contribution is 2.45. The number of fused-ring (bicyclic) bond motifs is 3. The molecule has 3 aliphatic carbocycles. The maximum Gasteiger partial charge on any atom is 0.0461 e. The lowest BCUT2D eigenvalue weighted by atomic mass is 9.83. The number of rotatable bonds is 9. The second kappa shape index (κ2) is 14.4. The summed E-state index contributed by atoms with van der Waals surface area (Å²) in [4.78, 5) is 2.33. The largest absolute Gasteiger partial charge is 0.311 e. The number of hydrogen-bond acceptors (Lipinski definition) is 1. The van der Waals surface area contributed by atoms with Crippen LogP contribution < -0.4 is 4.90 Å². The number of nitrogens with zero attached hydrogens (tertiary/aromatic N) is 1. The summed E-state index contributed by atoms with van der Waals surface area (Å²) < 4.78 is 0. The van der Waals surface area contributed by atoms with E-state index in [1.54, 1.807) is 0 Å². The molecule has 0 N–H and O–H groups in total. The molecular formula is C51H43N. The van der Waals surface area contributed by atoms with Crippen LogP contribution in [0.25, 0.3) is 16.7 Å². The molecule has 2 unspecified atom stereocenters. The van der Waals surface area contributed by atoms with Crippen molar-refractivity contribution in [2.24, 2.45) is 0 Å². The average molecular weight is 670 g/mol. The number of para-hydroxylation sites is 2. The van der Waals surface area contributed by atoms with E-state index < -0.39 is 0 Å². The Kier molecular flexibility index (Phi) is 8.85. The molecule has 1 heteroatoms. The molecule has 1 nitrogen and oxygen atoms in total. The Morgan fingerprint density at radius 1 is 0.596 bits per heavy atom. The van der Waals surface area contributed by atoms with Gasteiger partial charge in [0.25, 0.3) is 0 Å². The molecule has 0 saturated heterocycles. The van der Waals surface area contributed by atoms with Crippen molar-refractivity contribution >= 4 is 22.6 Å². The summed E-state index contributed by atoms with van der Waals surface area (Å²) in [5.41, 5.74) is 17.4. The monoisotopic (exact) mass is 669 g/mol. The Labute approximate surface area is 308 Å². The SMILES string of the molecule is C1=CC(C(Cc2ccccc2)c2ccc(-c3ccc4c(c3)CC3=CC(c5ccc(N(c6ccccc6)c6ccccc6)cc5)CC=C34)cc2)=CCC1. The van der Waals surface area contributed by atoms with E-state index in [2.05, 4.69) is 193 Å². The van der Waals surface area contributed by atoms with Crippen molar-refractivity contribution in [1.29, 1.82) is 0 Å². The van der Waals surface area contributed by atoms with E-state index >= 15 is 0 Å². The molecule has 0 bridgehead atoms. The Bertz CT molecular complexity index is 2250. The zero-order valence-corrected chi connectivity index (χ0v) is 29.5. The molecular weight excluding hydrogens is 627 g/mol. The van der Waals surface area contributed by atoms with Gasteiger partial charge in [-0.15, -0.1) is 0 Å². The molecule has 0 fully saturated rings. The molecule has 0 spiro atoms. The minimum Gasteiger partial charge on any atom is -0.311 e. The van der Waals surface area contributed by atoms with Crippen LogP contribution >= 0.6 is 0 Å². The summed E-state index contributed by atoms with van der Waals surface area (Å²) in [6, 6.07) is 57.9. The van der Waals surface area contributed by atoms with Crippen LogP contribution in [0.3, 0.4) is 0 Å². The fourth-order valence-electron chi connectivity index (χ4n) is 8.38. The van der Waals surface area contributed by atoms with Crippen LogP contribution in [0.2, 0.25) is 0 Å². The maximum absolute atomic E-state index is 2.53. The molecule has 0 amide bonds. The van der Waals surface area contributed by atoms with Gasteiger partial charge in [-0.2, -0.15) is 0 Å². The van der Waals surface area contributed by atoms with Gasteiger partial charge in [0.2, 0.25) is 0 Å². The minimum atomic E-state index is 0.367. The fourth-order valence-corrected chi connectivity index (χ4v) is 8.38. The lowest BCUT2D eigenvalue weighted by Gasteiger charge is -2.26. The molecule has 252 valence electrons. The van der Waals surface area contributed by atoms with Gasteiger partial charge in [-0.1, -0.05) is 152 Å². The lowest BCUT2D eigenvalue weighted by molar-refractivity contribution is 0.788. The van der Waals surface area contributed by atoms with Gasteiger partial charge >= 0.3 is 0 Å². The molecule has 0 heterocycles. The second-order valence-electron chi connectivity index (χ2n) is 14.3. The summed E-state index contributed by atoms with van der Waals surface area (Å²) in [5, 5.41) is 0. The Hall–Kier alpha value is -5.92. The summed E-state index contributed by atoms with van der Waals surface area (Å²) in [7, 11) is 0. The normalized spacial score (nSPS) is 16.6. The number of anilines is 3. The van der Waals surface area contributed by atoms with E-state index in [0.717, 1.165) is 43.5 Å². The zero-order valence-electron chi connectivity index (χ0n) is 29.5. The first-order valence-corrected chi connectivity index (χ1v) is 18.8. The average Bonchev–Trinajstić information content (AvgIpc) is 3.59. The maximum atomic E-state index is 2.53. The van der Waals surface area contributed by atoms with Crippen molar-refractivity contribution in [2.75, 3.05) is 4.90 Å². The molecule has 0 radical (unpaired) electrons. The minimum absolute atomic E-state index is 0.367. The molecule has 3 aliphatic rings. The van der Waals surface area contributed by atoms with Crippen LogP contribution in [-0.4, -0.2) is 0 Å². The van der Waals surface area contributed by atoms with Crippen molar-refractivity contribution in [3.8, 4) is 11.1 Å². The van der Waals surface area contributed by atoms with Crippen molar-refractivity contribution in [2.45, 2.75) is 43.9 Å². The van der Waals surface area contributed by atoms with Gasteiger partial charge in [-0.3, -0.25) is 0 Å². The van der Waals surface area contributed by atoms with Crippen LogP contribution in [0.5, 0.6) is 0 Å². The molecule has 0 saturated carbocycles. The smallest absolute Gasteiger partial charge is 0.0461 e. The van der Waals surface area contributed by atoms with Gasteiger partial charge in [0.15, 0.2) is 0 Å². The highest BCUT2D eigenvalue weighted by Gasteiger charge is 2.26. The van der Waals surface area contributed by atoms with E-state index in [1.165, 1.54) is 61.4 Å². The molecule has 52 heavy (non-hydrogen) atoms. The van der Waals surface area contributed by atoms with Crippen molar-refractivity contribution < 1.29 is 0 Å². The summed E-state index contributed by atoms with van der Waals surface area (Å²) >= 11 is 0. The Morgan fingerprint density at radius 3 is 1.92 bits per heavy atom. The lowest BCUT2D eigenvalue weighted by Crippen LogP contribution is -2.10. The highest BCUT2D eigenvalue weighted by molar-refractivity contribution is 5.88. The summed E-state index contributed by atoms with van der Waals surface area (Å²) in [5.74, 6) is 0.750. The summed E-state index contributed by atoms with van der Waals surface area (Å²) in [6.45, 7) is 0.